The van der Waals surface area contributed by atoms with Gasteiger partial charge in [-0.15, -0.1) is 0 Å². The van der Waals surface area contributed by atoms with Crippen molar-refractivity contribution in [2.45, 2.75) is 37.3 Å². The number of carbonyl (C=O) groups is 2. The van der Waals surface area contributed by atoms with Gasteiger partial charge >= 0.3 is 6.03 Å². The summed E-state index contributed by atoms with van der Waals surface area (Å²) in [4.78, 5) is 32.0. The number of aromatic nitrogens is 3. The van der Waals surface area contributed by atoms with Gasteiger partial charge in [-0.3, -0.25) is 9.69 Å². The first kappa shape index (κ1) is 28.2. The predicted molar refractivity (Wildman–Crippen MR) is 142 cm³/mol. The van der Waals surface area contributed by atoms with Gasteiger partial charge in [0.15, 0.2) is 14.9 Å². The third kappa shape index (κ3) is 6.42. The molecule has 1 aliphatic heterocycles. The first-order valence-corrected chi connectivity index (χ1v) is 14.5. The van der Waals surface area contributed by atoms with E-state index < -0.39 is 33.6 Å². The van der Waals surface area contributed by atoms with Gasteiger partial charge < -0.3 is 15.7 Å². The maximum atomic E-state index is 13.7. The van der Waals surface area contributed by atoms with Crippen LogP contribution in [0, 0.1) is 11.7 Å². The number of urea groups is 1. The number of fused-ring (bicyclic) bond motifs is 1. The summed E-state index contributed by atoms with van der Waals surface area (Å²) < 4.78 is 39.2. The molecule has 0 saturated heterocycles. The summed E-state index contributed by atoms with van der Waals surface area (Å²) in [6.07, 6.45) is 5.52. The molecule has 3 amide bonds. The van der Waals surface area contributed by atoms with E-state index in [1.54, 1.807) is 22.9 Å². The number of benzene rings is 1. The second-order valence-corrected chi connectivity index (χ2v) is 11.3. The molecule has 3 heterocycles. The summed E-state index contributed by atoms with van der Waals surface area (Å²) in [6.45, 7) is 1.87. The van der Waals surface area contributed by atoms with Crippen molar-refractivity contribution in [2.75, 3.05) is 30.9 Å². The summed E-state index contributed by atoms with van der Waals surface area (Å²) in [5, 5.41) is 19.1. The average molecular weight is 559 g/mol. The second-order valence-electron chi connectivity index (χ2n) is 9.38. The highest BCUT2D eigenvalue weighted by Gasteiger charge is 2.36. The Kier molecular flexibility index (Phi) is 8.60. The zero-order valence-corrected chi connectivity index (χ0v) is 22.5. The van der Waals surface area contributed by atoms with E-state index in [2.05, 4.69) is 20.7 Å². The molecule has 2 aromatic heterocycles. The molecule has 0 saturated carbocycles. The third-order valence-corrected chi connectivity index (χ3v) is 7.48. The number of aliphatic hydroxyl groups excluding tert-OH is 1. The van der Waals surface area contributed by atoms with Crippen LogP contribution < -0.4 is 15.5 Å². The highest BCUT2D eigenvalue weighted by atomic mass is 32.2. The van der Waals surface area contributed by atoms with Crippen molar-refractivity contribution in [3.63, 3.8) is 0 Å². The van der Waals surface area contributed by atoms with Crippen LogP contribution in [0.5, 0.6) is 0 Å². The molecule has 4 rings (SSSR count). The number of rotatable bonds is 9. The second kappa shape index (κ2) is 11.9. The number of pyridine rings is 1. The Morgan fingerprint density at radius 2 is 1.97 bits per heavy atom. The molecule has 0 bridgehead atoms. The molecule has 11 nitrogen and oxygen atoms in total. The number of hydrogen-bond acceptors (Lipinski definition) is 7. The largest absolute Gasteiger partial charge is 0.395 e. The molecule has 13 heteroatoms. The fourth-order valence-electron chi connectivity index (χ4n) is 4.58. The summed E-state index contributed by atoms with van der Waals surface area (Å²) in [6, 6.07) is 7.85. The summed E-state index contributed by atoms with van der Waals surface area (Å²) in [5.41, 5.74) is 2.27. The lowest BCUT2D eigenvalue weighted by atomic mass is 9.96. The van der Waals surface area contributed by atoms with Crippen molar-refractivity contribution in [1.82, 2.24) is 25.4 Å². The van der Waals surface area contributed by atoms with Crippen LogP contribution in [-0.2, 0) is 21.1 Å². The lowest BCUT2D eigenvalue weighted by molar-refractivity contribution is -0.124. The third-order valence-electron chi connectivity index (χ3n) is 6.49. The molecular formula is C26H31FN6O5S. The summed E-state index contributed by atoms with van der Waals surface area (Å²) in [5.74, 6) is -1.36. The lowest BCUT2D eigenvalue weighted by Gasteiger charge is -2.33. The Labute approximate surface area is 226 Å². The van der Waals surface area contributed by atoms with E-state index in [0.717, 1.165) is 6.26 Å². The number of amides is 3. The minimum atomic E-state index is -3.54. The van der Waals surface area contributed by atoms with Crippen LogP contribution in [0.1, 0.15) is 37.1 Å². The number of anilines is 1. The van der Waals surface area contributed by atoms with Gasteiger partial charge in [-0.25, -0.2) is 27.3 Å². The van der Waals surface area contributed by atoms with E-state index >= 15 is 0 Å². The topological polar surface area (TPSA) is 147 Å². The highest BCUT2D eigenvalue weighted by molar-refractivity contribution is 7.90. The van der Waals surface area contributed by atoms with Crippen LogP contribution in [0.3, 0.4) is 0 Å². The van der Waals surface area contributed by atoms with Crippen LogP contribution in [0.4, 0.5) is 14.9 Å². The normalized spacial score (nSPS) is 15.9. The maximum absolute atomic E-state index is 13.7. The molecule has 2 atom stereocenters. The molecule has 0 radical (unpaired) electrons. The van der Waals surface area contributed by atoms with Crippen molar-refractivity contribution in [3.8, 4) is 5.69 Å². The van der Waals surface area contributed by atoms with E-state index in [9.17, 15) is 22.4 Å². The maximum Gasteiger partial charge on any atom is 0.322 e. The molecule has 1 aromatic carbocycles. The van der Waals surface area contributed by atoms with Crippen molar-refractivity contribution in [2.24, 2.45) is 5.92 Å². The van der Waals surface area contributed by atoms with Gasteiger partial charge in [0.2, 0.25) is 5.91 Å². The van der Waals surface area contributed by atoms with Crippen molar-refractivity contribution in [3.05, 3.63) is 65.9 Å². The SMILES string of the molecule is CCCC(NC(=O)N1CC(C(=O)NCCO)Cc2c1cnn2-c1ccc(F)cc1)c1ccnc(S(C)(=O)=O)c1. The van der Waals surface area contributed by atoms with Gasteiger partial charge in [-0.1, -0.05) is 13.3 Å². The van der Waals surface area contributed by atoms with Gasteiger partial charge in [0.25, 0.3) is 0 Å². The van der Waals surface area contributed by atoms with Gasteiger partial charge in [0.1, 0.15) is 5.82 Å². The first-order chi connectivity index (χ1) is 18.6. The average Bonchev–Trinajstić information content (AvgIpc) is 3.35. The zero-order chi connectivity index (χ0) is 28.2. The fourth-order valence-corrected chi connectivity index (χ4v) is 5.18. The minimum Gasteiger partial charge on any atom is -0.395 e. The molecule has 0 spiro atoms. The van der Waals surface area contributed by atoms with Gasteiger partial charge in [0.05, 0.1) is 41.8 Å². The van der Waals surface area contributed by atoms with Crippen molar-refractivity contribution >= 4 is 27.5 Å². The van der Waals surface area contributed by atoms with Crippen LogP contribution in [0.2, 0.25) is 0 Å². The first-order valence-electron chi connectivity index (χ1n) is 12.6. The Morgan fingerprint density at radius 3 is 2.64 bits per heavy atom. The molecule has 3 aromatic rings. The van der Waals surface area contributed by atoms with E-state index in [4.69, 9.17) is 5.11 Å². The number of halogens is 1. The predicted octanol–water partition coefficient (Wildman–Crippen LogP) is 2.15. The molecule has 0 fully saturated rings. The number of sulfone groups is 1. The quantitative estimate of drug-likeness (QED) is 0.365. The van der Waals surface area contributed by atoms with E-state index in [1.807, 2.05) is 6.92 Å². The molecule has 0 aliphatic carbocycles. The number of hydrogen-bond donors (Lipinski definition) is 3. The van der Waals surface area contributed by atoms with Crippen LogP contribution in [0.25, 0.3) is 5.69 Å². The van der Waals surface area contributed by atoms with E-state index in [1.165, 1.54) is 35.5 Å². The van der Waals surface area contributed by atoms with Crippen LogP contribution in [-0.4, -0.2) is 66.2 Å². The van der Waals surface area contributed by atoms with Gasteiger partial charge in [0, 0.05) is 32.0 Å². The van der Waals surface area contributed by atoms with Gasteiger partial charge in [-0.2, -0.15) is 5.10 Å². The van der Waals surface area contributed by atoms with E-state index in [0.29, 0.717) is 35.5 Å². The van der Waals surface area contributed by atoms with Crippen LogP contribution in [0.15, 0.2) is 53.8 Å². The molecule has 3 N–H and O–H groups in total. The fraction of sp³-hybridized carbons (Fsp3) is 0.385. The van der Waals surface area contributed by atoms with Crippen molar-refractivity contribution in [1.29, 1.82) is 0 Å². The standard InChI is InChI=1S/C26H31FN6O5S/c1-3-4-21(17-9-10-28-24(14-17)39(2,37)38)31-26(36)32-16-18(25(35)29-11-12-34)13-22-23(32)15-30-33(22)20-7-5-19(27)6-8-20/h5-10,14-15,18,21,34H,3-4,11-13,16H2,1-2H3,(H,29,35)(H,31,36). The Bertz CT molecular complexity index is 1440. The summed E-state index contributed by atoms with van der Waals surface area (Å²) in [7, 11) is -3.54. The number of nitrogens with one attached hydrogen (secondary N) is 2. The van der Waals surface area contributed by atoms with Crippen molar-refractivity contribution < 1.29 is 27.5 Å². The smallest absolute Gasteiger partial charge is 0.322 e. The Hall–Kier alpha value is -3.84. The zero-order valence-electron chi connectivity index (χ0n) is 21.7. The van der Waals surface area contributed by atoms with Gasteiger partial charge in [-0.05, 0) is 48.4 Å². The van der Waals surface area contributed by atoms with E-state index in [-0.39, 0.29) is 37.1 Å². The van der Waals surface area contributed by atoms with Crippen LogP contribution >= 0.6 is 0 Å². The Balaban J connectivity index is 1.67. The number of carbonyl (C=O) groups excluding carboxylic acids is 2. The lowest BCUT2D eigenvalue weighted by Crippen LogP contribution is -2.50. The molecular weight excluding hydrogens is 527 g/mol. The summed E-state index contributed by atoms with van der Waals surface area (Å²) >= 11 is 0. The molecule has 2 unspecified atom stereocenters. The Morgan fingerprint density at radius 1 is 1.23 bits per heavy atom. The molecule has 208 valence electrons. The number of nitrogens with zero attached hydrogens (tertiary/aromatic N) is 4. The number of aliphatic hydroxyl groups is 1. The monoisotopic (exact) mass is 558 g/mol. The highest BCUT2D eigenvalue weighted by Crippen LogP contribution is 2.32. The molecule has 1 aliphatic rings. The molecule has 39 heavy (non-hydrogen) atoms. The minimum absolute atomic E-state index is 0.0645.